The van der Waals surface area contributed by atoms with Gasteiger partial charge in [-0.15, -0.1) is 0 Å². The molecule has 0 unspecified atom stereocenters. The summed E-state index contributed by atoms with van der Waals surface area (Å²) in [5.74, 6) is 0. The van der Waals surface area contributed by atoms with E-state index >= 15 is 0 Å². The third-order valence-electron chi connectivity index (χ3n) is 2.22. The van der Waals surface area contributed by atoms with Gasteiger partial charge in [-0.1, -0.05) is 0 Å². The zero-order valence-electron chi connectivity index (χ0n) is 8.33. The van der Waals surface area contributed by atoms with Crippen LogP contribution in [0.4, 0.5) is 5.69 Å². The van der Waals surface area contributed by atoms with E-state index in [0.29, 0.717) is 25.5 Å². The van der Waals surface area contributed by atoms with Crippen molar-refractivity contribution in [2.75, 3.05) is 0 Å². The Morgan fingerprint density at radius 3 is 2.75 bits per heavy atom. The van der Waals surface area contributed by atoms with E-state index in [-0.39, 0.29) is 0 Å². The first kappa shape index (κ1) is 10.2. The van der Waals surface area contributed by atoms with Crippen molar-refractivity contribution < 1.29 is 0 Å². The van der Waals surface area contributed by atoms with Crippen molar-refractivity contribution in [2.45, 2.75) is 0 Å². The molecule has 4 heteroatoms. The topological polar surface area (TPSA) is 25.2 Å². The summed E-state index contributed by atoms with van der Waals surface area (Å²) in [7, 11) is 0. The second-order valence-electron chi connectivity index (χ2n) is 3.35. The van der Waals surface area contributed by atoms with E-state index in [4.69, 9.17) is 0 Å². The van der Waals surface area contributed by atoms with Gasteiger partial charge >= 0.3 is 104 Å². The number of hydrogen-bond donors (Lipinski definition) is 0. The molecule has 0 spiro atoms. The number of nitrogens with zero attached hydrogens (tertiary/aromatic N) is 2. The third-order valence-corrected chi connectivity index (χ3v) is 7.59. The molecule has 0 N–H and O–H groups in total. The molecule has 1 aromatic rings. The summed E-state index contributed by atoms with van der Waals surface area (Å²) < 4.78 is 5.90. The van der Waals surface area contributed by atoms with Gasteiger partial charge in [0.1, 0.15) is 0 Å². The first-order chi connectivity index (χ1) is 7.92. The molecule has 1 aromatic carbocycles. The van der Waals surface area contributed by atoms with Gasteiger partial charge in [0.05, 0.1) is 0 Å². The molecule has 1 aliphatic heterocycles. The molecule has 0 amide bonds. The summed E-state index contributed by atoms with van der Waals surface area (Å²) in [6, 6.07) is 16.4. The number of aromatic nitrogens is 1. The van der Waals surface area contributed by atoms with E-state index in [1.54, 1.807) is 0 Å². The van der Waals surface area contributed by atoms with Gasteiger partial charge in [0, 0.05) is 0 Å². The van der Waals surface area contributed by atoms with E-state index < -0.39 is 0 Å². The molecular formula is C12H8N2Se2. The molecule has 1 aliphatic carbocycles. The molecule has 2 nitrogen and oxygen atoms in total. The Balaban J connectivity index is 2.13. The molecule has 0 radical (unpaired) electrons. The zero-order valence-corrected chi connectivity index (χ0v) is 11.8. The Hall–Kier alpha value is -0.921. The molecule has 1 heterocycles. The average Bonchev–Trinajstić information content (AvgIpc) is 2.77. The number of hydrogen-bond acceptors (Lipinski definition) is 2. The van der Waals surface area contributed by atoms with Crippen molar-refractivity contribution in [3.8, 4) is 10.1 Å². The van der Waals surface area contributed by atoms with E-state index in [1.807, 2.05) is 36.4 Å². The molecule has 3 rings (SSSR count). The van der Waals surface area contributed by atoms with Gasteiger partial charge in [0.2, 0.25) is 0 Å². The van der Waals surface area contributed by atoms with Crippen molar-refractivity contribution in [2.24, 2.45) is 4.99 Å². The number of benzene rings is 2. The average molecular weight is 338 g/mol. The number of rotatable bonds is 1. The second kappa shape index (κ2) is 4.52. The quantitative estimate of drug-likeness (QED) is 0.618. The van der Waals surface area contributed by atoms with Crippen LogP contribution in [0.1, 0.15) is 0 Å². The van der Waals surface area contributed by atoms with Crippen LogP contribution in [0.5, 0.6) is 0 Å². The Labute approximate surface area is 104 Å². The molecule has 0 atom stereocenters. The summed E-state index contributed by atoms with van der Waals surface area (Å²) >= 11 is 1.05. The van der Waals surface area contributed by atoms with E-state index in [9.17, 15) is 0 Å². The molecule has 78 valence electrons. The van der Waals surface area contributed by atoms with E-state index in [1.165, 1.54) is 10.1 Å². The monoisotopic (exact) mass is 340 g/mol. The fraction of sp³-hybridized carbons (Fsp3) is 0. The Morgan fingerprint density at radius 1 is 1.00 bits per heavy atom. The predicted octanol–water partition coefficient (Wildman–Crippen LogP) is 1.53. The van der Waals surface area contributed by atoms with Crippen LogP contribution >= 0.6 is 0 Å². The van der Waals surface area contributed by atoms with Crippen molar-refractivity contribution in [3.05, 3.63) is 53.9 Å². The Morgan fingerprint density at radius 2 is 1.88 bits per heavy atom. The first-order valence-electron chi connectivity index (χ1n) is 4.87. The molecule has 16 heavy (non-hydrogen) atoms. The Kier molecular flexibility index (Phi) is 2.90. The maximum atomic E-state index is 4.59. The summed E-state index contributed by atoms with van der Waals surface area (Å²) in [6.45, 7) is 0. The fourth-order valence-electron chi connectivity index (χ4n) is 1.47. The van der Waals surface area contributed by atoms with Crippen LogP contribution in [0.2, 0.25) is 0 Å². The number of fused-ring (bicyclic) bond motifs is 1. The molecule has 0 saturated carbocycles. The number of para-hydroxylation sites is 1. The minimum atomic E-state index is 0.473. The predicted molar refractivity (Wildman–Crippen MR) is 66.4 cm³/mol. The first-order valence-corrected chi connectivity index (χ1v) is 10.8. The zero-order chi connectivity index (χ0) is 10.8. The second-order valence-corrected chi connectivity index (χ2v) is 8.76. The molecule has 0 saturated heterocycles. The van der Waals surface area contributed by atoms with Crippen molar-refractivity contribution in [1.29, 1.82) is 0 Å². The van der Waals surface area contributed by atoms with Gasteiger partial charge in [-0.3, -0.25) is 0 Å². The van der Waals surface area contributed by atoms with Crippen LogP contribution in [0.15, 0.2) is 53.5 Å². The van der Waals surface area contributed by atoms with Crippen molar-refractivity contribution >= 4 is 31.2 Å². The van der Waals surface area contributed by atoms with Crippen LogP contribution in [0, 0.1) is 0 Å². The molecular weight excluding hydrogens is 330 g/mol. The normalized spacial score (nSPS) is 12.1. The van der Waals surface area contributed by atoms with Gasteiger partial charge in [-0.2, -0.15) is 0 Å². The van der Waals surface area contributed by atoms with Crippen LogP contribution in [0.3, 0.4) is 0 Å². The van der Waals surface area contributed by atoms with Crippen LogP contribution in [-0.2, 0) is 0 Å². The van der Waals surface area contributed by atoms with E-state index in [0.717, 1.165) is 11.0 Å². The van der Waals surface area contributed by atoms with Gasteiger partial charge < -0.3 is 0 Å². The van der Waals surface area contributed by atoms with Crippen molar-refractivity contribution in [3.63, 3.8) is 0 Å². The Bertz CT molecular complexity index is 625. The third kappa shape index (κ3) is 2.11. The van der Waals surface area contributed by atoms with Gasteiger partial charge in [0.25, 0.3) is 0 Å². The summed E-state index contributed by atoms with van der Waals surface area (Å²) in [5.41, 5.74) is 2.20. The van der Waals surface area contributed by atoms with Crippen molar-refractivity contribution in [1.82, 2.24) is 3.98 Å². The molecule has 2 aliphatic rings. The van der Waals surface area contributed by atoms with Gasteiger partial charge in [-0.25, -0.2) is 0 Å². The van der Waals surface area contributed by atoms with Crippen LogP contribution in [0.25, 0.3) is 10.1 Å². The fourth-order valence-corrected chi connectivity index (χ4v) is 6.89. The minimum absolute atomic E-state index is 0.473. The summed E-state index contributed by atoms with van der Waals surface area (Å²) in [6.07, 6.45) is 0. The van der Waals surface area contributed by atoms with Crippen LogP contribution in [-0.4, -0.2) is 29.5 Å². The SMILES string of the molecule is c1ccc(N=c2ccc3n[se][se]c-3c2)cc1. The van der Waals surface area contributed by atoms with Crippen LogP contribution < -0.4 is 5.36 Å². The van der Waals surface area contributed by atoms with Gasteiger partial charge in [0.15, 0.2) is 0 Å². The maximum absolute atomic E-state index is 4.59. The molecule has 0 bridgehead atoms. The van der Waals surface area contributed by atoms with Gasteiger partial charge in [-0.05, 0) is 0 Å². The molecule has 0 aromatic heterocycles. The summed E-state index contributed by atoms with van der Waals surface area (Å²) in [5, 5.41) is 1.04. The van der Waals surface area contributed by atoms with E-state index in [2.05, 4.69) is 21.1 Å². The standard InChI is InChI=1S/C12H8N2Se2/c1-2-4-9(5-3-1)13-10-6-7-11-12(8-10)15-16-14-11/h1-8H. The molecule has 0 fully saturated rings. The summed E-state index contributed by atoms with van der Waals surface area (Å²) in [4.78, 5) is 4.59.